The molecule has 0 aliphatic carbocycles. The van der Waals surface area contributed by atoms with Gasteiger partial charge in [-0.3, -0.25) is 0 Å². The van der Waals surface area contributed by atoms with Crippen LogP contribution in [0, 0.1) is 0 Å². The topological polar surface area (TPSA) is 64.7 Å². The molecule has 0 saturated carbocycles. The fraction of sp³-hybridized carbons (Fsp3) is 1.00. The molecule has 0 amide bonds. The van der Waals surface area contributed by atoms with E-state index in [1.54, 1.807) is 7.11 Å². The molecule has 0 fully saturated rings. The van der Waals surface area contributed by atoms with Gasteiger partial charge >= 0.3 is 0 Å². The van der Waals surface area contributed by atoms with Crippen LogP contribution in [0.4, 0.5) is 0 Å². The van der Waals surface area contributed by atoms with Crippen LogP contribution in [0.2, 0.25) is 0 Å². The van der Waals surface area contributed by atoms with Crippen LogP contribution in [0.1, 0.15) is 12.8 Å². The van der Waals surface area contributed by atoms with Gasteiger partial charge in [0.25, 0.3) is 0 Å². The third kappa shape index (κ3) is 7.94. The zero-order valence-electron chi connectivity index (χ0n) is 7.66. The van der Waals surface area contributed by atoms with Gasteiger partial charge in [0.15, 0.2) is 0 Å². The molecule has 0 aliphatic rings. The fourth-order valence-electron chi connectivity index (χ4n) is 0.789. The summed E-state index contributed by atoms with van der Waals surface area (Å²) in [5.41, 5.74) is 5.58. The molecule has 0 radical (unpaired) electrons. The van der Waals surface area contributed by atoms with E-state index in [1.165, 1.54) is 0 Å². The van der Waals surface area contributed by atoms with Crippen LogP contribution in [0.5, 0.6) is 0 Å². The van der Waals surface area contributed by atoms with E-state index in [4.69, 9.17) is 20.3 Å². The van der Waals surface area contributed by atoms with Crippen LogP contribution in [0.3, 0.4) is 0 Å². The zero-order chi connectivity index (χ0) is 9.23. The molecule has 4 nitrogen and oxygen atoms in total. The number of aliphatic hydroxyl groups excluding tert-OH is 1. The Kier molecular flexibility index (Phi) is 8.81. The first-order chi connectivity index (χ1) is 5.81. The highest BCUT2D eigenvalue weighted by molar-refractivity contribution is 4.57. The van der Waals surface area contributed by atoms with Gasteiger partial charge in [0.2, 0.25) is 0 Å². The molecule has 1 unspecified atom stereocenters. The number of aliphatic hydroxyl groups is 1. The summed E-state index contributed by atoms with van der Waals surface area (Å²) >= 11 is 0. The van der Waals surface area contributed by atoms with Crippen molar-refractivity contribution in [3.8, 4) is 0 Å². The summed E-state index contributed by atoms with van der Waals surface area (Å²) in [7, 11) is 1.66. The van der Waals surface area contributed by atoms with Crippen molar-refractivity contribution in [2.45, 2.75) is 18.9 Å². The summed E-state index contributed by atoms with van der Waals surface area (Å²) in [6.45, 7) is 2.04. The van der Waals surface area contributed by atoms with Crippen molar-refractivity contribution >= 4 is 0 Å². The predicted molar refractivity (Wildman–Crippen MR) is 47.0 cm³/mol. The van der Waals surface area contributed by atoms with Gasteiger partial charge in [0.05, 0.1) is 6.61 Å². The molecule has 3 N–H and O–H groups in total. The number of ether oxygens (including phenoxy) is 2. The van der Waals surface area contributed by atoms with E-state index < -0.39 is 0 Å². The lowest BCUT2D eigenvalue weighted by atomic mass is 10.2. The maximum atomic E-state index is 8.52. The fourth-order valence-corrected chi connectivity index (χ4v) is 0.789. The lowest BCUT2D eigenvalue weighted by Gasteiger charge is -2.09. The minimum absolute atomic E-state index is 0.0439. The molecule has 0 saturated heterocycles. The van der Waals surface area contributed by atoms with Gasteiger partial charge in [0.1, 0.15) is 0 Å². The summed E-state index contributed by atoms with van der Waals surface area (Å²) < 4.78 is 10.1. The summed E-state index contributed by atoms with van der Waals surface area (Å²) in [4.78, 5) is 0. The van der Waals surface area contributed by atoms with Crippen LogP contribution < -0.4 is 5.73 Å². The zero-order valence-corrected chi connectivity index (χ0v) is 7.66. The van der Waals surface area contributed by atoms with Crippen molar-refractivity contribution in [1.82, 2.24) is 0 Å². The van der Waals surface area contributed by atoms with Crippen LogP contribution >= 0.6 is 0 Å². The highest BCUT2D eigenvalue weighted by atomic mass is 16.5. The molecule has 0 aromatic carbocycles. The normalized spacial score (nSPS) is 13.2. The molecule has 74 valence electrons. The van der Waals surface area contributed by atoms with E-state index in [1.807, 2.05) is 0 Å². The summed E-state index contributed by atoms with van der Waals surface area (Å²) in [5.74, 6) is 0. The largest absolute Gasteiger partial charge is 0.396 e. The highest BCUT2D eigenvalue weighted by Gasteiger charge is 2.00. The molecule has 0 aromatic rings. The van der Waals surface area contributed by atoms with Gasteiger partial charge in [-0.1, -0.05) is 0 Å². The standard InChI is InChI=1S/C8H19NO3/c1-11-5-2-6-12-7-8(9)3-4-10/h8,10H,2-7,9H2,1H3. The Morgan fingerprint density at radius 1 is 1.42 bits per heavy atom. The Hall–Kier alpha value is -0.160. The summed E-state index contributed by atoms with van der Waals surface area (Å²) in [6.07, 6.45) is 1.49. The van der Waals surface area contributed by atoms with Crippen molar-refractivity contribution in [3.63, 3.8) is 0 Å². The Balaban J connectivity index is 2.97. The molecular weight excluding hydrogens is 158 g/mol. The van der Waals surface area contributed by atoms with E-state index in [9.17, 15) is 0 Å². The molecule has 0 heterocycles. The molecule has 0 spiro atoms. The predicted octanol–water partition coefficient (Wildman–Crippen LogP) is -0.251. The first kappa shape index (κ1) is 11.8. The Morgan fingerprint density at radius 3 is 2.75 bits per heavy atom. The molecule has 0 aromatic heterocycles. The third-order valence-corrected chi connectivity index (χ3v) is 1.47. The number of rotatable bonds is 8. The van der Waals surface area contributed by atoms with Crippen LogP contribution in [0.15, 0.2) is 0 Å². The lowest BCUT2D eigenvalue weighted by molar-refractivity contribution is 0.0889. The van der Waals surface area contributed by atoms with E-state index in [0.717, 1.165) is 13.0 Å². The van der Waals surface area contributed by atoms with E-state index in [2.05, 4.69) is 0 Å². The monoisotopic (exact) mass is 177 g/mol. The summed E-state index contributed by atoms with van der Waals surface area (Å²) in [6, 6.07) is -0.0439. The van der Waals surface area contributed by atoms with Gasteiger partial charge in [-0.2, -0.15) is 0 Å². The number of methoxy groups -OCH3 is 1. The van der Waals surface area contributed by atoms with Crippen molar-refractivity contribution in [2.75, 3.05) is 33.5 Å². The van der Waals surface area contributed by atoms with Crippen molar-refractivity contribution in [1.29, 1.82) is 0 Å². The maximum Gasteiger partial charge on any atom is 0.0618 e. The van der Waals surface area contributed by atoms with Gasteiger partial charge < -0.3 is 20.3 Å². The molecule has 0 rings (SSSR count). The van der Waals surface area contributed by atoms with Gasteiger partial charge in [-0.05, 0) is 12.8 Å². The Bertz CT molecular complexity index is 90.4. The molecule has 0 aliphatic heterocycles. The second-order valence-electron chi connectivity index (χ2n) is 2.69. The molecule has 0 bridgehead atoms. The van der Waals surface area contributed by atoms with E-state index in [-0.39, 0.29) is 12.6 Å². The minimum atomic E-state index is -0.0439. The Labute approximate surface area is 73.7 Å². The van der Waals surface area contributed by atoms with Crippen LogP contribution in [0.25, 0.3) is 0 Å². The van der Waals surface area contributed by atoms with Crippen molar-refractivity contribution in [3.05, 3.63) is 0 Å². The second-order valence-corrected chi connectivity index (χ2v) is 2.69. The maximum absolute atomic E-state index is 8.52. The number of nitrogens with two attached hydrogens (primary N) is 1. The first-order valence-electron chi connectivity index (χ1n) is 4.24. The SMILES string of the molecule is COCCCOCC(N)CCO. The molecule has 1 atom stereocenters. The average molecular weight is 177 g/mol. The average Bonchev–Trinajstić information content (AvgIpc) is 2.05. The van der Waals surface area contributed by atoms with E-state index in [0.29, 0.717) is 19.6 Å². The van der Waals surface area contributed by atoms with E-state index >= 15 is 0 Å². The number of hydrogen-bond donors (Lipinski definition) is 2. The first-order valence-corrected chi connectivity index (χ1v) is 4.24. The lowest BCUT2D eigenvalue weighted by Crippen LogP contribution is -2.27. The van der Waals surface area contributed by atoms with Crippen LogP contribution in [-0.4, -0.2) is 44.7 Å². The second kappa shape index (κ2) is 8.93. The Morgan fingerprint density at radius 2 is 2.17 bits per heavy atom. The van der Waals surface area contributed by atoms with Gasteiger partial charge in [0, 0.05) is 33.0 Å². The third-order valence-electron chi connectivity index (χ3n) is 1.47. The quantitative estimate of drug-likeness (QED) is 0.502. The minimum Gasteiger partial charge on any atom is -0.396 e. The molecule has 4 heteroatoms. The van der Waals surface area contributed by atoms with Crippen LogP contribution in [-0.2, 0) is 9.47 Å². The molecule has 12 heavy (non-hydrogen) atoms. The smallest absolute Gasteiger partial charge is 0.0618 e. The van der Waals surface area contributed by atoms with Gasteiger partial charge in [-0.25, -0.2) is 0 Å². The number of hydrogen-bond acceptors (Lipinski definition) is 4. The highest BCUT2D eigenvalue weighted by Crippen LogP contribution is 1.89. The van der Waals surface area contributed by atoms with Crippen molar-refractivity contribution < 1.29 is 14.6 Å². The molecular formula is C8H19NO3. The summed E-state index contributed by atoms with van der Waals surface area (Å²) in [5, 5.41) is 8.52. The van der Waals surface area contributed by atoms with Crippen molar-refractivity contribution in [2.24, 2.45) is 5.73 Å². The van der Waals surface area contributed by atoms with Gasteiger partial charge in [-0.15, -0.1) is 0 Å².